The van der Waals surface area contributed by atoms with Gasteiger partial charge in [-0.15, -0.1) is 6.58 Å². The first-order chi connectivity index (χ1) is 20.5. The van der Waals surface area contributed by atoms with Gasteiger partial charge in [-0.25, -0.2) is 0 Å². The van der Waals surface area contributed by atoms with E-state index in [2.05, 4.69) is 11.9 Å². The molecule has 4 atom stereocenters. The lowest BCUT2D eigenvalue weighted by Gasteiger charge is -2.33. The summed E-state index contributed by atoms with van der Waals surface area (Å²) < 4.78 is 6.82. The lowest BCUT2D eigenvalue weighted by atomic mass is 9.82. The molecule has 0 bridgehead atoms. The van der Waals surface area contributed by atoms with Gasteiger partial charge in [-0.05, 0) is 36.9 Å². The summed E-state index contributed by atoms with van der Waals surface area (Å²) in [6.07, 6.45) is 0.893. The van der Waals surface area contributed by atoms with Crippen molar-refractivity contribution >= 4 is 37.4 Å². The van der Waals surface area contributed by atoms with Crippen LogP contribution < -0.4 is 15.1 Å². The van der Waals surface area contributed by atoms with E-state index in [0.717, 1.165) is 5.56 Å². The molecule has 11 heteroatoms. The minimum Gasteiger partial charge on any atom is -0.432 e. The molecule has 3 amide bonds. The molecule has 2 saturated heterocycles. The molecular weight excluding hydrogens is 564 g/mol. The van der Waals surface area contributed by atoms with E-state index in [1.807, 2.05) is 68.5 Å². The number of rotatable bonds is 10. The summed E-state index contributed by atoms with van der Waals surface area (Å²) in [5.74, 6) is -0.981. The number of aliphatic hydroxyl groups is 1. The van der Waals surface area contributed by atoms with Crippen molar-refractivity contribution in [3.63, 3.8) is 0 Å². The molecule has 1 spiro atoms. The fraction of sp³-hybridized carbons (Fsp3) is 0.469. The molecule has 0 saturated carbocycles. The number of benzene rings is 2. The number of piperazine rings is 1. The van der Waals surface area contributed by atoms with E-state index in [9.17, 15) is 24.3 Å². The molecule has 0 radical (unpaired) electrons. The van der Waals surface area contributed by atoms with Crippen LogP contribution in [0.1, 0.15) is 24.5 Å². The smallest absolute Gasteiger partial charge is 0.264 e. The molecule has 230 valence electrons. The SMILES string of the molecule is C=CCN1C(=O)[C@@]2(O[C@@H](CC(=O)N(CCO)Cc3ccccc3)[C@H]([Si](C)(C)O)[C@H]2C)c2cc(N3CCNCC3=O)ccc21. The molecule has 43 heavy (non-hydrogen) atoms. The zero-order valence-electron chi connectivity index (χ0n) is 25.2. The molecule has 2 aromatic rings. The number of fused-ring (bicyclic) bond motifs is 2. The van der Waals surface area contributed by atoms with E-state index in [-0.39, 0.29) is 50.4 Å². The predicted molar refractivity (Wildman–Crippen MR) is 167 cm³/mol. The van der Waals surface area contributed by atoms with Gasteiger partial charge in [-0.3, -0.25) is 14.4 Å². The summed E-state index contributed by atoms with van der Waals surface area (Å²) in [6.45, 7) is 11.4. The molecule has 3 heterocycles. The van der Waals surface area contributed by atoms with Gasteiger partial charge in [0.2, 0.25) is 11.8 Å². The first-order valence-corrected chi connectivity index (χ1v) is 18.0. The zero-order chi connectivity index (χ0) is 30.9. The second-order valence-corrected chi connectivity index (χ2v) is 16.2. The molecule has 5 rings (SSSR count). The largest absolute Gasteiger partial charge is 0.432 e. The highest BCUT2D eigenvalue weighted by molar-refractivity contribution is 6.71. The molecule has 3 aliphatic heterocycles. The fourth-order valence-electron chi connectivity index (χ4n) is 7.14. The van der Waals surface area contributed by atoms with E-state index in [0.29, 0.717) is 36.6 Å². The molecule has 0 aromatic heterocycles. The monoisotopic (exact) mass is 606 g/mol. The highest BCUT2D eigenvalue weighted by Crippen LogP contribution is 2.60. The van der Waals surface area contributed by atoms with Crippen molar-refractivity contribution in [2.24, 2.45) is 5.92 Å². The van der Waals surface area contributed by atoms with Crippen molar-refractivity contribution in [1.29, 1.82) is 0 Å². The van der Waals surface area contributed by atoms with E-state index in [1.165, 1.54) is 0 Å². The standard InChI is InChI=1S/C32H42N4O6Si/c1-5-14-36-26-12-11-24(35-15-13-33-20-29(35)39)18-25(26)32(31(36)40)22(2)30(43(3,4)41)27(42-32)19-28(38)34(16-17-37)21-23-9-7-6-8-10-23/h5-12,18,22,27,30,33,37,41H,1,13-17,19-21H2,2-4H3/t22-,27+,30-,32+/m1/s1. The van der Waals surface area contributed by atoms with Crippen LogP contribution in [0.15, 0.2) is 61.2 Å². The number of carbonyl (C=O) groups is 3. The third-order valence-electron chi connectivity index (χ3n) is 8.99. The van der Waals surface area contributed by atoms with Crippen LogP contribution in [0, 0.1) is 5.92 Å². The molecule has 2 fully saturated rings. The van der Waals surface area contributed by atoms with Gasteiger partial charge >= 0.3 is 0 Å². The minimum atomic E-state index is -3.00. The number of carbonyl (C=O) groups excluding carboxylic acids is 3. The fourth-order valence-corrected chi connectivity index (χ4v) is 9.69. The average Bonchev–Trinajstić information content (AvgIpc) is 3.40. The van der Waals surface area contributed by atoms with Crippen molar-refractivity contribution in [2.75, 3.05) is 49.1 Å². The summed E-state index contributed by atoms with van der Waals surface area (Å²) >= 11 is 0. The van der Waals surface area contributed by atoms with Gasteiger partial charge in [0.15, 0.2) is 13.9 Å². The third kappa shape index (κ3) is 5.67. The maximum atomic E-state index is 14.4. The lowest BCUT2D eigenvalue weighted by molar-refractivity contribution is -0.149. The molecule has 0 unspecified atom stereocenters. The van der Waals surface area contributed by atoms with E-state index < -0.39 is 31.5 Å². The predicted octanol–water partition coefficient (Wildman–Crippen LogP) is 2.36. The Labute approximate surface area is 254 Å². The summed E-state index contributed by atoms with van der Waals surface area (Å²) in [6, 6.07) is 15.1. The normalized spacial score (nSPS) is 25.4. The van der Waals surface area contributed by atoms with Crippen molar-refractivity contribution in [1.82, 2.24) is 10.2 Å². The van der Waals surface area contributed by atoms with Gasteiger partial charge in [0.25, 0.3) is 5.91 Å². The highest BCUT2D eigenvalue weighted by atomic mass is 28.4. The zero-order valence-corrected chi connectivity index (χ0v) is 26.2. The Bertz CT molecular complexity index is 1380. The molecule has 0 aliphatic carbocycles. The lowest BCUT2D eigenvalue weighted by Crippen LogP contribution is -2.48. The van der Waals surface area contributed by atoms with Gasteiger partial charge in [-0.1, -0.05) is 43.3 Å². The van der Waals surface area contributed by atoms with Gasteiger partial charge in [0.1, 0.15) is 0 Å². The average molecular weight is 607 g/mol. The van der Waals surface area contributed by atoms with Crippen molar-refractivity contribution in [2.45, 2.75) is 50.2 Å². The third-order valence-corrected chi connectivity index (χ3v) is 11.5. The Kier molecular flexibility index (Phi) is 8.91. The van der Waals surface area contributed by atoms with Gasteiger partial charge in [0, 0.05) is 55.4 Å². The van der Waals surface area contributed by atoms with Gasteiger partial charge in [-0.2, -0.15) is 0 Å². The molecule has 3 aliphatic rings. The first-order valence-electron chi connectivity index (χ1n) is 14.9. The van der Waals surface area contributed by atoms with Gasteiger partial charge in [0.05, 0.1) is 31.4 Å². The number of aliphatic hydroxyl groups excluding tert-OH is 1. The summed E-state index contributed by atoms with van der Waals surface area (Å²) in [5, 5.41) is 12.8. The number of hydrogen-bond acceptors (Lipinski definition) is 7. The second-order valence-electron chi connectivity index (χ2n) is 12.2. The maximum absolute atomic E-state index is 14.4. The second kappa shape index (κ2) is 12.3. The Hall–Kier alpha value is -3.35. The Morgan fingerprint density at radius 2 is 1.98 bits per heavy atom. The number of anilines is 2. The molecule has 10 nitrogen and oxygen atoms in total. The Balaban J connectivity index is 1.53. The maximum Gasteiger partial charge on any atom is 0.264 e. The van der Waals surface area contributed by atoms with Crippen LogP contribution in [0.3, 0.4) is 0 Å². The van der Waals surface area contributed by atoms with Crippen molar-refractivity contribution in [3.05, 3.63) is 72.3 Å². The van der Waals surface area contributed by atoms with Crippen LogP contribution in [0.25, 0.3) is 0 Å². The quantitative estimate of drug-likeness (QED) is 0.280. The van der Waals surface area contributed by atoms with Crippen molar-refractivity contribution in [3.8, 4) is 0 Å². The number of nitrogens with one attached hydrogen (secondary N) is 1. The van der Waals surface area contributed by atoms with Crippen LogP contribution in [0.4, 0.5) is 11.4 Å². The van der Waals surface area contributed by atoms with Crippen molar-refractivity contribution < 1.29 is 29.0 Å². The molecule has 2 aromatic carbocycles. The minimum absolute atomic E-state index is 0.0410. The molecule has 3 N–H and O–H groups in total. The van der Waals surface area contributed by atoms with E-state index in [4.69, 9.17) is 4.74 Å². The van der Waals surface area contributed by atoms with Crippen LogP contribution in [0.5, 0.6) is 0 Å². The number of nitrogens with zero attached hydrogens (tertiary/aromatic N) is 3. The van der Waals surface area contributed by atoms with Crippen LogP contribution >= 0.6 is 0 Å². The first kappa shape index (κ1) is 31.1. The van der Waals surface area contributed by atoms with Crippen LogP contribution in [-0.2, 0) is 31.3 Å². The van der Waals surface area contributed by atoms with Gasteiger partial charge < -0.3 is 34.7 Å². The highest BCUT2D eigenvalue weighted by Gasteiger charge is 2.66. The van der Waals surface area contributed by atoms with Crippen LogP contribution in [0.2, 0.25) is 18.6 Å². The summed E-state index contributed by atoms with van der Waals surface area (Å²) in [7, 11) is -3.00. The summed E-state index contributed by atoms with van der Waals surface area (Å²) in [4.78, 5) is 57.5. The Morgan fingerprint density at radius 1 is 1.23 bits per heavy atom. The number of amides is 3. The molecular formula is C32H42N4O6Si. The van der Waals surface area contributed by atoms with Crippen LogP contribution in [-0.4, -0.2) is 86.3 Å². The Morgan fingerprint density at radius 3 is 2.63 bits per heavy atom. The topological polar surface area (TPSA) is 123 Å². The van der Waals surface area contributed by atoms with E-state index >= 15 is 0 Å². The number of ether oxygens (including phenoxy) is 1. The van der Waals surface area contributed by atoms with E-state index in [1.54, 1.807) is 20.8 Å². The number of hydrogen-bond donors (Lipinski definition) is 3. The summed E-state index contributed by atoms with van der Waals surface area (Å²) in [5.41, 5.74) is 1.07.